The van der Waals surface area contributed by atoms with Gasteiger partial charge in [-0.05, 0) is 18.4 Å². The first-order chi connectivity index (χ1) is 10.2. The van der Waals surface area contributed by atoms with Crippen molar-refractivity contribution in [1.82, 2.24) is 4.98 Å². The van der Waals surface area contributed by atoms with Crippen LogP contribution in [-0.2, 0) is 0 Å². The molecule has 1 heterocycles. The summed E-state index contributed by atoms with van der Waals surface area (Å²) in [6.45, 7) is 0.833. The molecule has 0 spiro atoms. The van der Waals surface area contributed by atoms with Crippen molar-refractivity contribution in [2.45, 2.75) is 38.5 Å². The summed E-state index contributed by atoms with van der Waals surface area (Å²) in [7, 11) is 0. The number of benzene rings is 1. The van der Waals surface area contributed by atoms with Crippen LogP contribution in [0.3, 0.4) is 0 Å². The van der Waals surface area contributed by atoms with Crippen LogP contribution in [0.4, 0.5) is 11.7 Å². The number of nitrogens with zero attached hydrogens (tertiary/aromatic N) is 2. The summed E-state index contributed by atoms with van der Waals surface area (Å²) in [4.78, 5) is 14.6. The van der Waals surface area contributed by atoms with Crippen molar-refractivity contribution in [3.8, 4) is 0 Å². The molecule has 112 valence electrons. The molecule has 0 amide bonds. The van der Waals surface area contributed by atoms with E-state index in [0.717, 1.165) is 18.9 Å². The van der Waals surface area contributed by atoms with E-state index >= 15 is 0 Å². The highest BCUT2D eigenvalue weighted by Gasteiger charge is 2.14. The van der Waals surface area contributed by atoms with Crippen molar-refractivity contribution in [2.24, 2.45) is 5.92 Å². The Morgan fingerprint density at radius 3 is 2.90 bits per heavy atom. The molecule has 0 aliphatic heterocycles. The van der Waals surface area contributed by atoms with E-state index < -0.39 is 4.92 Å². The van der Waals surface area contributed by atoms with E-state index in [1.807, 2.05) is 0 Å². The zero-order valence-corrected chi connectivity index (χ0v) is 11.9. The first-order valence-corrected chi connectivity index (χ1v) is 7.51. The van der Waals surface area contributed by atoms with Gasteiger partial charge in [-0.2, -0.15) is 4.98 Å². The lowest BCUT2D eigenvalue weighted by molar-refractivity contribution is -0.384. The highest BCUT2D eigenvalue weighted by Crippen LogP contribution is 2.27. The molecular weight excluding hydrogens is 270 g/mol. The van der Waals surface area contributed by atoms with E-state index in [1.165, 1.54) is 44.2 Å². The Labute approximate surface area is 122 Å². The lowest BCUT2D eigenvalue weighted by Crippen LogP contribution is -2.12. The monoisotopic (exact) mass is 289 g/mol. The minimum Gasteiger partial charge on any atom is -0.424 e. The summed E-state index contributed by atoms with van der Waals surface area (Å²) in [5.74, 6) is 0.803. The van der Waals surface area contributed by atoms with Gasteiger partial charge in [-0.15, -0.1) is 0 Å². The summed E-state index contributed by atoms with van der Waals surface area (Å²) in [6.07, 6.45) is 7.82. The zero-order valence-electron chi connectivity index (χ0n) is 11.9. The minimum absolute atomic E-state index is 0.0320. The van der Waals surface area contributed by atoms with Crippen LogP contribution < -0.4 is 5.32 Å². The van der Waals surface area contributed by atoms with Gasteiger partial charge in [0.1, 0.15) is 5.52 Å². The van der Waals surface area contributed by atoms with Crippen molar-refractivity contribution in [3.05, 3.63) is 28.3 Å². The van der Waals surface area contributed by atoms with Gasteiger partial charge in [0.2, 0.25) is 0 Å². The van der Waals surface area contributed by atoms with E-state index in [1.54, 1.807) is 6.07 Å². The highest BCUT2D eigenvalue weighted by atomic mass is 16.6. The smallest absolute Gasteiger partial charge is 0.295 e. The van der Waals surface area contributed by atoms with Gasteiger partial charge >= 0.3 is 0 Å². The molecule has 1 aromatic carbocycles. The average molecular weight is 289 g/mol. The van der Waals surface area contributed by atoms with Gasteiger partial charge in [-0.25, -0.2) is 0 Å². The third kappa shape index (κ3) is 3.32. The van der Waals surface area contributed by atoms with Crippen molar-refractivity contribution in [3.63, 3.8) is 0 Å². The van der Waals surface area contributed by atoms with Gasteiger partial charge in [-0.1, -0.05) is 32.1 Å². The van der Waals surface area contributed by atoms with Crippen molar-refractivity contribution in [1.29, 1.82) is 0 Å². The Bertz CT molecular complexity index is 632. The molecule has 6 nitrogen and oxygen atoms in total. The molecule has 2 aromatic rings. The third-order valence-electron chi connectivity index (χ3n) is 4.14. The quantitative estimate of drug-likeness (QED) is 0.661. The van der Waals surface area contributed by atoms with Crippen molar-refractivity contribution >= 4 is 22.8 Å². The first-order valence-electron chi connectivity index (χ1n) is 7.51. The number of oxazole rings is 1. The van der Waals surface area contributed by atoms with E-state index in [4.69, 9.17) is 4.42 Å². The van der Waals surface area contributed by atoms with Gasteiger partial charge < -0.3 is 9.73 Å². The SMILES string of the molecule is O=[N+]([O-])c1ccc2oc(NCCC3CCCCC3)nc2c1. The molecule has 0 unspecified atom stereocenters. The molecule has 1 aromatic heterocycles. The fraction of sp³-hybridized carbons (Fsp3) is 0.533. The number of non-ortho nitro benzene ring substituents is 1. The first kappa shape index (κ1) is 13.9. The zero-order chi connectivity index (χ0) is 14.7. The summed E-state index contributed by atoms with van der Waals surface area (Å²) in [6, 6.07) is 4.90. The van der Waals surface area contributed by atoms with Gasteiger partial charge in [-0.3, -0.25) is 10.1 Å². The molecular formula is C15H19N3O3. The summed E-state index contributed by atoms with van der Waals surface area (Å²) >= 11 is 0. The summed E-state index contributed by atoms with van der Waals surface area (Å²) in [5, 5.41) is 13.9. The fourth-order valence-electron chi connectivity index (χ4n) is 2.96. The van der Waals surface area contributed by atoms with Crippen LogP contribution in [0.5, 0.6) is 0 Å². The Morgan fingerprint density at radius 1 is 1.33 bits per heavy atom. The maximum Gasteiger partial charge on any atom is 0.295 e. The molecule has 0 bridgehead atoms. The van der Waals surface area contributed by atoms with Gasteiger partial charge in [0, 0.05) is 18.7 Å². The molecule has 21 heavy (non-hydrogen) atoms. The highest BCUT2D eigenvalue weighted by molar-refractivity contribution is 5.77. The second kappa shape index (κ2) is 6.11. The molecule has 1 N–H and O–H groups in total. The number of anilines is 1. The van der Waals surface area contributed by atoms with E-state index in [2.05, 4.69) is 10.3 Å². The Hall–Kier alpha value is -2.11. The summed E-state index contributed by atoms with van der Waals surface area (Å²) in [5.41, 5.74) is 1.12. The fourth-order valence-corrected chi connectivity index (χ4v) is 2.96. The number of hydrogen-bond donors (Lipinski definition) is 1. The molecule has 0 atom stereocenters. The third-order valence-corrected chi connectivity index (χ3v) is 4.14. The molecule has 3 rings (SSSR count). The number of nitro groups is 1. The van der Waals surface area contributed by atoms with E-state index in [-0.39, 0.29) is 5.69 Å². The molecule has 0 saturated heterocycles. The topological polar surface area (TPSA) is 81.2 Å². The second-order valence-corrected chi connectivity index (χ2v) is 5.65. The maximum absolute atomic E-state index is 10.7. The van der Waals surface area contributed by atoms with Crippen molar-refractivity contribution < 1.29 is 9.34 Å². The second-order valence-electron chi connectivity index (χ2n) is 5.65. The van der Waals surface area contributed by atoms with E-state index in [9.17, 15) is 10.1 Å². The molecule has 6 heteroatoms. The minimum atomic E-state index is -0.426. The molecule has 1 aliphatic rings. The number of fused-ring (bicyclic) bond motifs is 1. The number of hydrogen-bond acceptors (Lipinski definition) is 5. The van der Waals surface area contributed by atoms with Crippen LogP contribution in [0.15, 0.2) is 22.6 Å². The van der Waals surface area contributed by atoms with Crippen LogP contribution in [0.1, 0.15) is 38.5 Å². The van der Waals surface area contributed by atoms with Crippen LogP contribution in [0.2, 0.25) is 0 Å². The number of rotatable bonds is 5. The average Bonchev–Trinajstić information content (AvgIpc) is 2.90. The predicted molar refractivity (Wildman–Crippen MR) is 80.3 cm³/mol. The molecule has 1 saturated carbocycles. The van der Waals surface area contributed by atoms with Crippen molar-refractivity contribution in [2.75, 3.05) is 11.9 Å². The van der Waals surface area contributed by atoms with Crippen LogP contribution in [-0.4, -0.2) is 16.5 Å². The Kier molecular flexibility index (Phi) is 4.03. The Morgan fingerprint density at radius 2 is 2.14 bits per heavy atom. The Balaban J connectivity index is 1.60. The molecule has 0 radical (unpaired) electrons. The van der Waals surface area contributed by atoms with Gasteiger partial charge in [0.15, 0.2) is 5.58 Å². The van der Waals surface area contributed by atoms with Crippen LogP contribution in [0.25, 0.3) is 11.1 Å². The lowest BCUT2D eigenvalue weighted by Gasteiger charge is -2.21. The number of nitro benzene ring substituents is 1. The lowest BCUT2D eigenvalue weighted by atomic mass is 9.87. The van der Waals surface area contributed by atoms with Crippen LogP contribution in [0, 0.1) is 16.0 Å². The van der Waals surface area contributed by atoms with Crippen LogP contribution >= 0.6 is 0 Å². The maximum atomic E-state index is 10.7. The van der Waals surface area contributed by atoms with Gasteiger partial charge in [0.25, 0.3) is 11.7 Å². The molecule has 1 aliphatic carbocycles. The summed E-state index contributed by atoms with van der Waals surface area (Å²) < 4.78 is 5.55. The largest absolute Gasteiger partial charge is 0.424 e. The number of nitrogens with one attached hydrogen (secondary N) is 1. The number of aromatic nitrogens is 1. The molecule has 1 fully saturated rings. The normalized spacial score (nSPS) is 16.2. The predicted octanol–water partition coefficient (Wildman–Crippen LogP) is 4.12. The van der Waals surface area contributed by atoms with E-state index in [0.29, 0.717) is 17.1 Å². The van der Waals surface area contributed by atoms with Gasteiger partial charge in [0.05, 0.1) is 4.92 Å². The standard InChI is InChI=1S/C15H19N3O3/c19-18(20)12-6-7-14-13(10-12)17-15(21-14)16-9-8-11-4-2-1-3-5-11/h6-7,10-11H,1-5,8-9H2,(H,16,17).